The van der Waals surface area contributed by atoms with E-state index in [2.05, 4.69) is 62.0 Å². The van der Waals surface area contributed by atoms with Crippen molar-refractivity contribution in [1.82, 2.24) is 19.3 Å². The number of hydrogen-bond acceptors (Lipinski definition) is 4. The molecule has 0 bridgehead atoms. The number of benzene rings is 2. The topological polar surface area (TPSA) is 78.7 Å². The molecule has 0 radical (unpaired) electrons. The number of nitrogens with zero attached hydrogens (tertiary/aromatic N) is 4. The average Bonchev–Trinajstić information content (AvgIpc) is 3.25. The lowest BCUT2D eigenvalue weighted by Gasteiger charge is -2.28. The first kappa shape index (κ1) is 28.1. The van der Waals surface area contributed by atoms with E-state index < -0.39 is 17.6 Å². The van der Waals surface area contributed by atoms with Crippen LogP contribution in [0.25, 0.3) is 11.3 Å². The van der Waals surface area contributed by atoms with Crippen LogP contribution < -0.4 is 11.4 Å². The van der Waals surface area contributed by atoms with E-state index in [0.29, 0.717) is 17.8 Å². The zero-order valence-corrected chi connectivity index (χ0v) is 22.8. The van der Waals surface area contributed by atoms with E-state index in [4.69, 9.17) is 5.73 Å². The van der Waals surface area contributed by atoms with Gasteiger partial charge in [-0.15, -0.1) is 0 Å². The number of nitrogens with two attached hydrogens (primary N) is 1. The Morgan fingerprint density at radius 1 is 0.897 bits per heavy atom. The van der Waals surface area contributed by atoms with E-state index in [9.17, 15) is 18.0 Å². The van der Waals surface area contributed by atoms with Crippen molar-refractivity contribution < 1.29 is 13.2 Å². The second kappa shape index (κ2) is 10.7. The largest absolute Gasteiger partial charge is 0.419 e. The summed E-state index contributed by atoms with van der Waals surface area (Å²) in [6.45, 7) is 10.9. The van der Waals surface area contributed by atoms with Crippen LogP contribution in [0, 0.1) is 0 Å². The number of nitrogen functional groups attached to an aromatic ring is 1. The monoisotopic (exact) mass is 537 g/mol. The minimum atomic E-state index is -4.56. The first-order valence-electron chi connectivity index (χ1n) is 13.0. The smallest absolute Gasteiger partial charge is 0.383 e. The third-order valence-electron chi connectivity index (χ3n) is 7.17. The summed E-state index contributed by atoms with van der Waals surface area (Å²) in [6, 6.07) is 17.7. The highest BCUT2D eigenvalue weighted by molar-refractivity contribution is 5.63. The van der Waals surface area contributed by atoms with Gasteiger partial charge >= 0.3 is 11.9 Å². The van der Waals surface area contributed by atoms with Crippen LogP contribution >= 0.6 is 0 Å². The molecule has 206 valence electrons. The number of anilines is 1. The fourth-order valence-electron chi connectivity index (χ4n) is 4.90. The molecule has 0 spiro atoms. The third-order valence-corrected chi connectivity index (χ3v) is 7.17. The molecule has 4 aromatic rings. The van der Waals surface area contributed by atoms with Crippen molar-refractivity contribution in [1.29, 1.82) is 0 Å². The molecule has 0 aliphatic rings. The molecule has 0 fully saturated rings. The lowest BCUT2D eigenvalue weighted by Crippen LogP contribution is -2.32. The second-order valence-electron chi connectivity index (χ2n) is 10.7. The summed E-state index contributed by atoms with van der Waals surface area (Å²) in [5.74, 6) is -0.650. The zero-order valence-electron chi connectivity index (χ0n) is 22.8. The first-order chi connectivity index (χ1) is 18.3. The van der Waals surface area contributed by atoms with Gasteiger partial charge in [0.2, 0.25) is 0 Å². The maximum absolute atomic E-state index is 13.2. The fourth-order valence-corrected chi connectivity index (χ4v) is 4.90. The van der Waals surface area contributed by atoms with E-state index in [-0.39, 0.29) is 23.1 Å². The molecular formula is C30H34F3N5O. The molecule has 2 unspecified atom stereocenters. The van der Waals surface area contributed by atoms with Gasteiger partial charge in [0.05, 0.1) is 17.3 Å². The van der Waals surface area contributed by atoms with Crippen molar-refractivity contribution in [3.05, 3.63) is 99.7 Å². The minimum absolute atomic E-state index is 0.00955. The Morgan fingerprint density at radius 3 is 2.00 bits per heavy atom. The third kappa shape index (κ3) is 5.77. The number of aryl methyl sites for hydroxylation is 1. The molecule has 39 heavy (non-hydrogen) atoms. The number of alkyl halides is 3. The van der Waals surface area contributed by atoms with Crippen molar-refractivity contribution in [2.45, 2.75) is 71.1 Å². The Morgan fingerprint density at radius 2 is 1.51 bits per heavy atom. The highest BCUT2D eigenvalue weighted by Crippen LogP contribution is 2.38. The molecule has 4 rings (SSSR count). The van der Waals surface area contributed by atoms with Crippen LogP contribution in [-0.2, 0) is 18.1 Å². The van der Waals surface area contributed by atoms with Gasteiger partial charge in [0.1, 0.15) is 12.1 Å². The second-order valence-corrected chi connectivity index (χ2v) is 10.7. The molecule has 0 saturated heterocycles. The molecule has 9 heteroatoms. The van der Waals surface area contributed by atoms with E-state index in [0.717, 1.165) is 23.6 Å². The summed E-state index contributed by atoms with van der Waals surface area (Å²) in [7, 11) is 0. The van der Waals surface area contributed by atoms with E-state index in [1.54, 1.807) is 15.6 Å². The van der Waals surface area contributed by atoms with Crippen LogP contribution in [0.4, 0.5) is 19.0 Å². The van der Waals surface area contributed by atoms with Gasteiger partial charge in [-0.3, -0.25) is 4.57 Å². The van der Waals surface area contributed by atoms with Gasteiger partial charge in [0.15, 0.2) is 0 Å². The summed E-state index contributed by atoms with van der Waals surface area (Å²) in [5.41, 5.74) is 8.60. The number of pyridine rings is 1. The van der Waals surface area contributed by atoms with Gasteiger partial charge in [-0.2, -0.15) is 18.3 Å². The fraction of sp³-hybridized carbons (Fsp3) is 0.367. The summed E-state index contributed by atoms with van der Waals surface area (Å²) < 4.78 is 42.4. The standard InChI is InChI=1S/C30H34F3N5O/c1-6-23(19-8-10-20(11-9-19)25-17-16-24(27(34)36-25)30(31,32)33)26(38-28(39)37(7-2)18-35-38)21-12-14-22(15-13-21)29(3,4)5/h8-18,23,26H,6-7H2,1-5H3,(H2,34,36). The molecule has 2 aromatic carbocycles. The van der Waals surface area contributed by atoms with Gasteiger partial charge in [-0.05, 0) is 47.6 Å². The molecule has 0 amide bonds. The van der Waals surface area contributed by atoms with Crippen LogP contribution in [0.2, 0.25) is 0 Å². The molecule has 0 aliphatic heterocycles. The maximum atomic E-state index is 13.2. The van der Waals surface area contributed by atoms with Crippen LogP contribution in [0.5, 0.6) is 0 Å². The van der Waals surface area contributed by atoms with Crippen molar-refractivity contribution in [2.75, 3.05) is 5.73 Å². The van der Waals surface area contributed by atoms with Crippen molar-refractivity contribution in [2.24, 2.45) is 0 Å². The highest BCUT2D eigenvalue weighted by Gasteiger charge is 2.34. The Hall–Kier alpha value is -3.88. The van der Waals surface area contributed by atoms with Crippen LogP contribution in [0.15, 0.2) is 71.8 Å². The Kier molecular flexibility index (Phi) is 7.73. The summed E-state index contributed by atoms with van der Waals surface area (Å²) in [5, 5.41) is 4.48. The molecular weight excluding hydrogens is 503 g/mol. The van der Waals surface area contributed by atoms with Crippen LogP contribution in [-0.4, -0.2) is 19.3 Å². The van der Waals surface area contributed by atoms with Crippen LogP contribution in [0.1, 0.15) is 75.3 Å². The summed E-state index contributed by atoms with van der Waals surface area (Å²) in [4.78, 5) is 17.2. The Bertz CT molecular complexity index is 1480. The van der Waals surface area contributed by atoms with Crippen molar-refractivity contribution in [3.8, 4) is 11.3 Å². The van der Waals surface area contributed by atoms with E-state index in [1.807, 2.05) is 31.2 Å². The number of aromatic nitrogens is 4. The van der Waals surface area contributed by atoms with Gasteiger partial charge in [-0.25, -0.2) is 14.5 Å². The quantitative estimate of drug-likeness (QED) is 0.281. The van der Waals surface area contributed by atoms with Crippen molar-refractivity contribution >= 4 is 5.82 Å². The molecule has 2 heterocycles. The first-order valence-corrected chi connectivity index (χ1v) is 13.0. The van der Waals surface area contributed by atoms with Gasteiger partial charge in [0.25, 0.3) is 0 Å². The Labute approximate surface area is 226 Å². The van der Waals surface area contributed by atoms with Gasteiger partial charge < -0.3 is 5.73 Å². The Balaban J connectivity index is 1.75. The number of halogens is 3. The number of rotatable bonds is 7. The van der Waals surface area contributed by atoms with Crippen LogP contribution in [0.3, 0.4) is 0 Å². The molecule has 2 N–H and O–H groups in total. The molecule has 2 atom stereocenters. The molecule has 0 saturated carbocycles. The molecule has 6 nitrogen and oxygen atoms in total. The minimum Gasteiger partial charge on any atom is -0.383 e. The highest BCUT2D eigenvalue weighted by atomic mass is 19.4. The van der Waals surface area contributed by atoms with Gasteiger partial charge in [-0.1, -0.05) is 76.2 Å². The predicted octanol–water partition coefficient (Wildman–Crippen LogP) is 6.81. The lowest BCUT2D eigenvalue weighted by molar-refractivity contribution is -0.137. The van der Waals surface area contributed by atoms with E-state index >= 15 is 0 Å². The predicted molar refractivity (Wildman–Crippen MR) is 148 cm³/mol. The summed E-state index contributed by atoms with van der Waals surface area (Å²) in [6.07, 6.45) is -2.27. The summed E-state index contributed by atoms with van der Waals surface area (Å²) >= 11 is 0. The van der Waals surface area contributed by atoms with Crippen molar-refractivity contribution in [3.63, 3.8) is 0 Å². The van der Waals surface area contributed by atoms with Gasteiger partial charge in [0, 0.05) is 18.0 Å². The van der Waals surface area contributed by atoms with E-state index in [1.165, 1.54) is 11.6 Å². The number of hydrogen-bond donors (Lipinski definition) is 1. The molecule has 0 aliphatic carbocycles. The lowest BCUT2D eigenvalue weighted by atomic mass is 9.82. The maximum Gasteiger partial charge on any atom is 0.419 e. The SMILES string of the molecule is CCC(c1ccc(-c2ccc(C(F)(F)F)c(N)n2)cc1)C(c1ccc(C(C)(C)C)cc1)n1ncn(CC)c1=O. The molecule has 2 aromatic heterocycles. The average molecular weight is 538 g/mol. The zero-order chi connectivity index (χ0) is 28.5. The normalized spacial score (nSPS) is 13.8.